The van der Waals surface area contributed by atoms with Gasteiger partial charge in [-0.25, -0.2) is 0 Å². The molecule has 1 aromatic rings. The molecule has 0 atom stereocenters. The zero-order chi connectivity index (χ0) is 13.3. The van der Waals surface area contributed by atoms with Crippen LogP contribution in [0, 0.1) is 16.7 Å². The Morgan fingerprint density at radius 1 is 1.11 bits per heavy atom. The summed E-state index contributed by atoms with van der Waals surface area (Å²) in [5, 5.41) is 8.87. The van der Waals surface area contributed by atoms with Gasteiger partial charge in [-0.3, -0.25) is 0 Å². The van der Waals surface area contributed by atoms with E-state index in [1.165, 1.54) is 5.56 Å². The molecule has 0 aliphatic carbocycles. The zero-order valence-corrected chi connectivity index (χ0v) is 11.5. The van der Waals surface area contributed by atoms with Crippen LogP contribution in [0.15, 0.2) is 30.3 Å². The molecule has 0 radical (unpaired) electrons. The van der Waals surface area contributed by atoms with Gasteiger partial charge in [0, 0.05) is 13.2 Å². The summed E-state index contributed by atoms with van der Waals surface area (Å²) in [6, 6.07) is 12.8. The Labute approximate surface area is 111 Å². The molecule has 1 aromatic carbocycles. The number of aryl methyl sites for hydroxylation is 1. The van der Waals surface area contributed by atoms with Crippen LogP contribution in [-0.4, -0.2) is 13.2 Å². The van der Waals surface area contributed by atoms with Gasteiger partial charge in [-0.1, -0.05) is 30.3 Å². The second-order valence-corrected chi connectivity index (χ2v) is 5.30. The van der Waals surface area contributed by atoms with E-state index in [1.54, 1.807) is 0 Å². The Morgan fingerprint density at radius 3 is 2.44 bits per heavy atom. The fraction of sp³-hybridized carbons (Fsp3) is 0.562. The SMILES string of the molecule is CC(C)(C#N)CCCOCCCc1ccccc1. The van der Waals surface area contributed by atoms with E-state index in [4.69, 9.17) is 10.00 Å². The normalized spacial score (nSPS) is 11.2. The van der Waals surface area contributed by atoms with Crippen LogP contribution >= 0.6 is 0 Å². The first-order valence-corrected chi connectivity index (χ1v) is 6.67. The van der Waals surface area contributed by atoms with Crippen molar-refractivity contribution in [3.63, 3.8) is 0 Å². The van der Waals surface area contributed by atoms with Crippen LogP contribution in [0.4, 0.5) is 0 Å². The number of hydrogen-bond acceptors (Lipinski definition) is 2. The molecular weight excluding hydrogens is 222 g/mol. The molecule has 0 heterocycles. The van der Waals surface area contributed by atoms with Crippen molar-refractivity contribution in [2.75, 3.05) is 13.2 Å². The van der Waals surface area contributed by atoms with Gasteiger partial charge in [0.1, 0.15) is 0 Å². The second-order valence-electron chi connectivity index (χ2n) is 5.30. The minimum absolute atomic E-state index is 0.215. The van der Waals surface area contributed by atoms with Crippen LogP contribution in [0.2, 0.25) is 0 Å². The highest BCUT2D eigenvalue weighted by Gasteiger charge is 2.15. The maximum absolute atomic E-state index is 8.87. The van der Waals surface area contributed by atoms with Crippen LogP contribution in [0.5, 0.6) is 0 Å². The Hall–Kier alpha value is -1.33. The molecule has 2 heteroatoms. The first kappa shape index (κ1) is 14.7. The molecule has 0 bridgehead atoms. The molecule has 0 aliphatic rings. The van der Waals surface area contributed by atoms with Crippen molar-refractivity contribution in [2.24, 2.45) is 5.41 Å². The second kappa shape index (κ2) is 7.89. The average molecular weight is 245 g/mol. The zero-order valence-electron chi connectivity index (χ0n) is 11.5. The van der Waals surface area contributed by atoms with E-state index in [1.807, 2.05) is 19.9 Å². The highest BCUT2D eigenvalue weighted by molar-refractivity contribution is 5.14. The molecule has 0 spiro atoms. The van der Waals surface area contributed by atoms with E-state index in [0.717, 1.165) is 38.9 Å². The van der Waals surface area contributed by atoms with Gasteiger partial charge in [-0.2, -0.15) is 5.26 Å². The molecule has 0 N–H and O–H groups in total. The lowest BCUT2D eigenvalue weighted by Crippen LogP contribution is -2.09. The lowest BCUT2D eigenvalue weighted by molar-refractivity contribution is 0.123. The van der Waals surface area contributed by atoms with Gasteiger partial charge in [0.25, 0.3) is 0 Å². The Morgan fingerprint density at radius 2 is 1.78 bits per heavy atom. The molecule has 0 amide bonds. The first-order valence-electron chi connectivity index (χ1n) is 6.67. The van der Waals surface area contributed by atoms with Crippen LogP contribution in [0.1, 0.15) is 38.7 Å². The van der Waals surface area contributed by atoms with Crippen molar-refractivity contribution in [1.29, 1.82) is 5.26 Å². The third-order valence-corrected chi connectivity index (χ3v) is 2.99. The van der Waals surface area contributed by atoms with Gasteiger partial charge in [0.2, 0.25) is 0 Å². The minimum atomic E-state index is -0.215. The monoisotopic (exact) mass is 245 g/mol. The van der Waals surface area contributed by atoms with E-state index >= 15 is 0 Å². The molecule has 0 fully saturated rings. The molecule has 2 nitrogen and oxygen atoms in total. The molecule has 0 unspecified atom stereocenters. The number of nitriles is 1. The number of hydrogen-bond donors (Lipinski definition) is 0. The predicted molar refractivity (Wildman–Crippen MR) is 74.2 cm³/mol. The van der Waals surface area contributed by atoms with E-state index in [-0.39, 0.29) is 5.41 Å². The summed E-state index contributed by atoms with van der Waals surface area (Å²) in [5.41, 5.74) is 1.15. The average Bonchev–Trinajstić information content (AvgIpc) is 2.39. The fourth-order valence-corrected chi connectivity index (χ4v) is 1.80. The maximum atomic E-state index is 8.87. The van der Waals surface area contributed by atoms with Gasteiger partial charge in [-0.05, 0) is 45.1 Å². The van der Waals surface area contributed by atoms with Crippen LogP contribution in [0.25, 0.3) is 0 Å². The van der Waals surface area contributed by atoms with Gasteiger partial charge in [0.05, 0.1) is 11.5 Å². The molecule has 0 aliphatic heterocycles. The van der Waals surface area contributed by atoms with Crippen molar-refractivity contribution in [1.82, 2.24) is 0 Å². The van der Waals surface area contributed by atoms with Crippen LogP contribution in [-0.2, 0) is 11.2 Å². The quantitative estimate of drug-likeness (QED) is 0.649. The van der Waals surface area contributed by atoms with Crippen LogP contribution < -0.4 is 0 Å². The third-order valence-electron chi connectivity index (χ3n) is 2.99. The highest BCUT2D eigenvalue weighted by Crippen LogP contribution is 2.20. The maximum Gasteiger partial charge on any atom is 0.0683 e. The van der Waals surface area contributed by atoms with Crippen molar-refractivity contribution < 1.29 is 4.74 Å². The molecule has 0 saturated carbocycles. The van der Waals surface area contributed by atoms with Crippen molar-refractivity contribution in [3.05, 3.63) is 35.9 Å². The number of ether oxygens (including phenoxy) is 1. The summed E-state index contributed by atoms with van der Waals surface area (Å²) in [5.74, 6) is 0. The molecular formula is C16H23NO. The predicted octanol–water partition coefficient (Wildman–Crippen LogP) is 3.97. The minimum Gasteiger partial charge on any atom is -0.381 e. The Balaban J connectivity index is 1.98. The summed E-state index contributed by atoms with van der Waals surface area (Å²) in [6.07, 6.45) is 4.00. The highest BCUT2D eigenvalue weighted by atomic mass is 16.5. The Bertz CT molecular complexity index is 364. The van der Waals surface area contributed by atoms with E-state index in [2.05, 4.69) is 30.3 Å². The van der Waals surface area contributed by atoms with Crippen LogP contribution in [0.3, 0.4) is 0 Å². The molecule has 1 rings (SSSR count). The lowest BCUT2D eigenvalue weighted by Gasteiger charge is -2.14. The molecule has 0 saturated heterocycles. The summed E-state index contributed by atoms with van der Waals surface area (Å²) >= 11 is 0. The fourth-order valence-electron chi connectivity index (χ4n) is 1.80. The lowest BCUT2D eigenvalue weighted by atomic mass is 9.90. The Kier molecular flexibility index (Phi) is 6.46. The molecule has 18 heavy (non-hydrogen) atoms. The van der Waals surface area contributed by atoms with Gasteiger partial charge in [0.15, 0.2) is 0 Å². The summed E-state index contributed by atoms with van der Waals surface area (Å²) in [6.45, 7) is 5.52. The number of benzene rings is 1. The largest absolute Gasteiger partial charge is 0.381 e. The number of nitrogens with zero attached hydrogens (tertiary/aromatic N) is 1. The smallest absolute Gasteiger partial charge is 0.0683 e. The standard InChI is InChI=1S/C16H23NO/c1-16(2,14-17)11-7-13-18-12-6-10-15-8-4-3-5-9-15/h3-5,8-9H,6-7,10-13H2,1-2H3. The summed E-state index contributed by atoms with van der Waals surface area (Å²) in [4.78, 5) is 0. The van der Waals surface area contributed by atoms with E-state index in [9.17, 15) is 0 Å². The van der Waals surface area contributed by atoms with Gasteiger partial charge in [-0.15, -0.1) is 0 Å². The van der Waals surface area contributed by atoms with Crippen molar-refractivity contribution in [2.45, 2.75) is 39.5 Å². The van der Waals surface area contributed by atoms with E-state index < -0.39 is 0 Å². The van der Waals surface area contributed by atoms with Gasteiger partial charge < -0.3 is 4.74 Å². The van der Waals surface area contributed by atoms with Gasteiger partial charge >= 0.3 is 0 Å². The molecule has 0 aromatic heterocycles. The summed E-state index contributed by atoms with van der Waals surface area (Å²) in [7, 11) is 0. The third kappa shape index (κ3) is 6.42. The van der Waals surface area contributed by atoms with Crippen molar-refractivity contribution >= 4 is 0 Å². The summed E-state index contributed by atoms with van der Waals surface area (Å²) < 4.78 is 5.59. The topological polar surface area (TPSA) is 33.0 Å². The van der Waals surface area contributed by atoms with Crippen molar-refractivity contribution in [3.8, 4) is 6.07 Å². The first-order chi connectivity index (χ1) is 8.64. The molecule has 98 valence electrons. The van der Waals surface area contributed by atoms with E-state index in [0.29, 0.717) is 0 Å². The number of rotatable bonds is 8.